The number of ether oxygens (including phenoxy) is 1. The number of rotatable bonds is 1. The number of aliphatic hydroxyl groups is 1. The topological polar surface area (TPSA) is 72.5 Å². The Kier molecular flexibility index (Phi) is 3.75. The van der Waals surface area contributed by atoms with Gasteiger partial charge in [0.2, 0.25) is 0 Å². The number of nitrogens with two attached hydrogens (primary N) is 1. The van der Waals surface area contributed by atoms with Gasteiger partial charge in [-0.05, 0) is 67.3 Å². The first kappa shape index (κ1) is 17.0. The minimum atomic E-state index is -0.264. The molecule has 0 heterocycles. The second kappa shape index (κ2) is 5.52. The smallest absolute Gasteiger partial charge is 0.307 e. The van der Waals surface area contributed by atoms with E-state index < -0.39 is 0 Å². The second-order valence-electron chi connectivity index (χ2n) is 9.32. The second-order valence-corrected chi connectivity index (χ2v) is 9.32. The molecular formula is C21H31NO3. The Balaban J connectivity index is 1.63. The number of esters is 1. The first-order valence-electron chi connectivity index (χ1n) is 9.83. The monoisotopic (exact) mass is 345 g/mol. The lowest BCUT2D eigenvalue weighted by Crippen LogP contribution is -2.52. The molecule has 0 aliphatic heterocycles. The number of hydrogen-bond donors (Lipinski definition) is 2. The molecule has 4 heteroatoms. The van der Waals surface area contributed by atoms with Gasteiger partial charge in [0, 0.05) is 25.2 Å². The highest BCUT2D eigenvalue weighted by atomic mass is 16.5. The fourth-order valence-electron chi connectivity index (χ4n) is 6.77. The van der Waals surface area contributed by atoms with Gasteiger partial charge in [0.15, 0.2) is 0 Å². The zero-order valence-corrected chi connectivity index (χ0v) is 15.7. The van der Waals surface area contributed by atoms with Crippen LogP contribution in [0.5, 0.6) is 0 Å². The molecule has 4 aliphatic rings. The van der Waals surface area contributed by atoms with Gasteiger partial charge < -0.3 is 15.6 Å². The third-order valence-corrected chi connectivity index (χ3v) is 8.23. The first-order valence-corrected chi connectivity index (χ1v) is 9.83. The number of carbonyl (C=O) groups is 1. The average molecular weight is 345 g/mol. The molecule has 0 saturated heterocycles. The Morgan fingerprint density at radius 1 is 1.24 bits per heavy atom. The maximum absolute atomic E-state index is 11.5. The van der Waals surface area contributed by atoms with Crippen LogP contribution in [0.15, 0.2) is 23.3 Å². The molecule has 0 radical (unpaired) electrons. The van der Waals surface area contributed by atoms with Crippen molar-refractivity contribution in [1.29, 1.82) is 0 Å². The van der Waals surface area contributed by atoms with E-state index in [1.165, 1.54) is 19.8 Å². The van der Waals surface area contributed by atoms with Crippen LogP contribution in [0, 0.1) is 34.5 Å². The average Bonchev–Trinajstić information content (AvgIpc) is 2.79. The molecule has 0 aromatic rings. The maximum atomic E-state index is 11.5. The van der Waals surface area contributed by atoms with E-state index in [9.17, 15) is 9.90 Å². The molecule has 138 valence electrons. The largest absolute Gasteiger partial charge is 0.513 e. The number of carbonyl (C=O) groups excluding carboxylic acids is 1. The third-order valence-electron chi connectivity index (χ3n) is 8.23. The van der Waals surface area contributed by atoms with Gasteiger partial charge in [0.25, 0.3) is 0 Å². The highest BCUT2D eigenvalue weighted by molar-refractivity contribution is 5.67. The Bertz CT molecular complexity index is 666. The van der Waals surface area contributed by atoms with E-state index in [0.29, 0.717) is 29.4 Å². The summed E-state index contributed by atoms with van der Waals surface area (Å²) in [5.41, 5.74) is 7.56. The molecule has 6 atom stereocenters. The van der Waals surface area contributed by atoms with Gasteiger partial charge in [-0.25, -0.2) is 0 Å². The lowest BCUT2D eigenvalue weighted by Gasteiger charge is -2.59. The van der Waals surface area contributed by atoms with E-state index in [1.54, 1.807) is 0 Å². The van der Waals surface area contributed by atoms with Crippen molar-refractivity contribution in [1.82, 2.24) is 0 Å². The molecule has 0 aromatic carbocycles. The third kappa shape index (κ3) is 2.36. The van der Waals surface area contributed by atoms with E-state index in [4.69, 9.17) is 10.5 Å². The van der Waals surface area contributed by atoms with Crippen LogP contribution < -0.4 is 5.73 Å². The highest BCUT2D eigenvalue weighted by Gasteiger charge is 2.59. The number of aliphatic hydroxyl groups excluding tert-OH is 1. The molecule has 0 amide bonds. The van der Waals surface area contributed by atoms with Crippen molar-refractivity contribution in [3.63, 3.8) is 0 Å². The van der Waals surface area contributed by atoms with Crippen molar-refractivity contribution in [3.8, 4) is 0 Å². The molecule has 2 saturated carbocycles. The van der Waals surface area contributed by atoms with Gasteiger partial charge in [0.05, 0.1) is 11.5 Å². The van der Waals surface area contributed by atoms with Crippen LogP contribution in [0.3, 0.4) is 0 Å². The fourth-order valence-corrected chi connectivity index (χ4v) is 6.77. The Morgan fingerprint density at radius 3 is 2.72 bits per heavy atom. The molecule has 4 nitrogen and oxygen atoms in total. The first-order chi connectivity index (χ1) is 11.8. The normalized spacial score (nSPS) is 46.0. The fraction of sp³-hybridized carbons (Fsp3) is 0.762. The lowest BCUT2D eigenvalue weighted by molar-refractivity contribution is -0.137. The number of hydrogen-bond acceptors (Lipinski definition) is 4. The van der Waals surface area contributed by atoms with Crippen molar-refractivity contribution >= 4 is 5.97 Å². The van der Waals surface area contributed by atoms with Crippen LogP contribution in [0.25, 0.3) is 0 Å². The van der Waals surface area contributed by atoms with E-state index in [0.717, 1.165) is 43.6 Å². The van der Waals surface area contributed by atoms with Gasteiger partial charge in [-0.3, -0.25) is 4.79 Å². The standard InChI is InChI=1S/C21H31NO3/c1-12(23)25-18-11-17-15-5-4-13-10-14(24)6-8-20(13,2)16(15)7-9-21(17,3)19(18)22/h10,13,15-17,24H,4-9,11,22H2,1-3H3/t13-,15-,16+,17+,20+,21+/m1/s1. The van der Waals surface area contributed by atoms with Crippen molar-refractivity contribution in [3.05, 3.63) is 23.3 Å². The molecule has 25 heavy (non-hydrogen) atoms. The summed E-state index contributed by atoms with van der Waals surface area (Å²) in [4.78, 5) is 11.5. The Hall–Kier alpha value is -1.45. The molecule has 0 aromatic heterocycles. The Morgan fingerprint density at radius 2 is 2.00 bits per heavy atom. The van der Waals surface area contributed by atoms with Gasteiger partial charge in [-0.2, -0.15) is 0 Å². The van der Waals surface area contributed by atoms with E-state index >= 15 is 0 Å². The zero-order valence-electron chi connectivity index (χ0n) is 15.7. The van der Waals surface area contributed by atoms with Crippen molar-refractivity contribution in [2.75, 3.05) is 0 Å². The predicted octanol–water partition coefficient (Wildman–Crippen LogP) is 4.42. The van der Waals surface area contributed by atoms with Crippen LogP contribution in [-0.4, -0.2) is 11.1 Å². The van der Waals surface area contributed by atoms with Gasteiger partial charge in [-0.1, -0.05) is 13.8 Å². The number of fused-ring (bicyclic) bond motifs is 5. The van der Waals surface area contributed by atoms with E-state index in [2.05, 4.69) is 19.9 Å². The molecule has 0 spiro atoms. The zero-order chi connectivity index (χ0) is 18.0. The lowest BCUT2D eigenvalue weighted by atomic mass is 9.46. The molecule has 3 N–H and O–H groups in total. The Labute approximate surface area is 150 Å². The molecule has 4 aliphatic carbocycles. The van der Waals surface area contributed by atoms with Crippen LogP contribution >= 0.6 is 0 Å². The van der Waals surface area contributed by atoms with Crippen molar-refractivity contribution in [2.45, 2.75) is 65.7 Å². The molecule has 0 unspecified atom stereocenters. The van der Waals surface area contributed by atoms with Crippen molar-refractivity contribution < 1.29 is 14.6 Å². The molecule has 2 fully saturated rings. The summed E-state index contributed by atoms with van der Waals surface area (Å²) in [6.07, 6.45) is 9.46. The number of allylic oxidation sites excluding steroid dienone is 4. The van der Waals surface area contributed by atoms with E-state index in [1.807, 2.05) is 0 Å². The summed E-state index contributed by atoms with van der Waals surface area (Å²) in [6.45, 7) is 6.18. The minimum Gasteiger partial charge on any atom is -0.513 e. The van der Waals surface area contributed by atoms with Crippen LogP contribution in [-0.2, 0) is 9.53 Å². The van der Waals surface area contributed by atoms with Gasteiger partial charge >= 0.3 is 5.97 Å². The summed E-state index contributed by atoms with van der Waals surface area (Å²) in [6, 6.07) is 0. The molecule has 0 bridgehead atoms. The summed E-state index contributed by atoms with van der Waals surface area (Å²) >= 11 is 0. The van der Waals surface area contributed by atoms with Crippen LogP contribution in [0.1, 0.15) is 65.7 Å². The molecular weight excluding hydrogens is 314 g/mol. The summed E-state index contributed by atoms with van der Waals surface area (Å²) in [5, 5.41) is 9.99. The van der Waals surface area contributed by atoms with Crippen molar-refractivity contribution in [2.24, 2.45) is 40.2 Å². The van der Waals surface area contributed by atoms with E-state index in [-0.39, 0.29) is 16.8 Å². The predicted molar refractivity (Wildman–Crippen MR) is 96.2 cm³/mol. The summed E-state index contributed by atoms with van der Waals surface area (Å²) < 4.78 is 5.48. The highest BCUT2D eigenvalue weighted by Crippen LogP contribution is 2.66. The quantitative estimate of drug-likeness (QED) is 0.690. The summed E-state index contributed by atoms with van der Waals surface area (Å²) in [5.74, 6) is 3.36. The SMILES string of the molecule is CC(=O)OC1=C(N)[C@@]2(C)CC[C@H]3[C@@H](CC[C@@H]4C=C(O)CC[C@@]43C)[C@@H]2C1. The van der Waals surface area contributed by atoms with Crippen LogP contribution in [0.4, 0.5) is 0 Å². The van der Waals surface area contributed by atoms with Gasteiger partial charge in [-0.15, -0.1) is 0 Å². The van der Waals surface area contributed by atoms with Crippen LogP contribution in [0.2, 0.25) is 0 Å². The summed E-state index contributed by atoms with van der Waals surface area (Å²) in [7, 11) is 0. The van der Waals surface area contributed by atoms with Gasteiger partial charge in [0.1, 0.15) is 5.76 Å². The minimum absolute atomic E-state index is 0.0260. The molecule has 4 rings (SSSR count). The maximum Gasteiger partial charge on any atom is 0.307 e.